The van der Waals surface area contributed by atoms with Gasteiger partial charge in [0.05, 0.1) is 6.04 Å². The van der Waals surface area contributed by atoms with Crippen molar-refractivity contribution in [1.82, 2.24) is 20.4 Å². The number of carbonyl (C=O) groups excluding carboxylic acids is 1. The van der Waals surface area contributed by atoms with E-state index in [9.17, 15) is 4.79 Å². The molecule has 1 N–H and O–H groups in total. The van der Waals surface area contributed by atoms with Crippen LogP contribution in [-0.4, -0.2) is 21.0 Å². The van der Waals surface area contributed by atoms with Crippen molar-refractivity contribution in [3.63, 3.8) is 0 Å². The van der Waals surface area contributed by atoms with E-state index in [1.165, 1.54) is 0 Å². The molecule has 0 aromatic carbocycles. The van der Waals surface area contributed by atoms with E-state index >= 15 is 0 Å². The van der Waals surface area contributed by atoms with E-state index in [0.717, 1.165) is 21.8 Å². The number of nitrogens with one attached hydrogen (secondary N) is 1. The number of carbonyl (C=O) groups is 1. The molecule has 0 spiro atoms. The van der Waals surface area contributed by atoms with Gasteiger partial charge >= 0.3 is 0 Å². The minimum Gasteiger partial charge on any atom is -0.360 e. The molecule has 1 atom stereocenters. The summed E-state index contributed by atoms with van der Waals surface area (Å²) in [4.78, 5) is 21.9. The number of aromatic nitrogens is 3. The van der Waals surface area contributed by atoms with Crippen molar-refractivity contribution in [2.45, 2.75) is 26.3 Å². The molecule has 0 unspecified atom stereocenters. The molecule has 0 saturated carbocycles. The number of amides is 1. The zero-order valence-electron chi connectivity index (χ0n) is 15.4. The highest BCUT2D eigenvalue weighted by atomic mass is 32.1. The van der Waals surface area contributed by atoms with Crippen LogP contribution in [-0.2, 0) is 6.42 Å². The summed E-state index contributed by atoms with van der Waals surface area (Å²) in [5.41, 5.74) is 3.77. The fourth-order valence-corrected chi connectivity index (χ4v) is 4.48. The number of pyridine rings is 1. The van der Waals surface area contributed by atoms with Gasteiger partial charge in [0.2, 0.25) is 0 Å². The summed E-state index contributed by atoms with van der Waals surface area (Å²) in [6.07, 6.45) is 4.02. The molecule has 0 bridgehead atoms. The zero-order chi connectivity index (χ0) is 19.5. The van der Waals surface area contributed by atoms with Crippen molar-refractivity contribution in [3.8, 4) is 11.3 Å². The highest BCUT2D eigenvalue weighted by Gasteiger charge is 2.26. The molecular weight excluding hydrogens is 392 g/mol. The first kappa shape index (κ1) is 18.5. The van der Waals surface area contributed by atoms with Gasteiger partial charge in [0.1, 0.15) is 22.0 Å². The lowest BCUT2D eigenvalue weighted by Crippen LogP contribution is -2.30. The highest BCUT2D eigenvalue weighted by Crippen LogP contribution is 2.27. The molecule has 4 heterocycles. The van der Waals surface area contributed by atoms with Crippen LogP contribution in [0.25, 0.3) is 11.3 Å². The number of hydrogen-bond donors (Lipinski definition) is 1. The van der Waals surface area contributed by atoms with Crippen LogP contribution in [0.3, 0.4) is 0 Å². The second kappa shape index (κ2) is 8.04. The minimum atomic E-state index is -0.231. The van der Waals surface area contributed by atoms with Gasteiger partial charge < -0.3 is 9.84 Å². The van der Waals surface area contributed by atoms with Crippen LogP contribution in [0.1, 0.15) is 38.4 Å². The number of aryl methyl sites for hydroxylation is 2. The second-order valence-corrected chi connectivity index (χ2v) is 8.06. The lowest BCUT2D eigenvalue weighted by atomic mass is 10.1. The Morgan fingerprint density at radius 1 is 1.29 bits per heavy atom. The predicted octanol–water partition coefficient (Wildman–Crippen LogP) is 4.59. The van der Waals surface area contributed by atoms with Crippen molar-refractivity contribution < 1.29 is 9.32 Å². The van der Waals surface area contributed by atoms with E-state index < -0.39 is 0 Å². The average molecular weight is 411 g/mol. The maximum atomic E-state index is 13.2. The Labute approximate surface area is 170 Å². The SMILES string of the molecule is Cc1csc([C@H](Cc2ccsc2)NC(=O)c2c(-c3cccnc3)noc2C)n1. The van der Waals surface area contributed by atoms with Gasteiger partial charge in [0.25, 0.3) is 5.91 Å². The van der Waals surface area contributed by atoms with E-state index in [0.29, 0.717) is 23.4 Å². The second-order valence-electron chi connectivity index (χ2n) is 6.39. The average Bonchev–Trinajstić information content (AvgIpc) is 3.43. The monoisotopic (exact) mass is 410 g/mol. The molecule has 4 aromatic heterocycles. The Bertz CT molecular complexity index is 1070. The molecule has 4 aromatic rings. The zero-order valence-corrected chi connectivity index (χ0v) is 17.0. The van der Waals surface area contributed by atoms with Gasteiger partial charge in [-0.05, 0) is 48.4 Å². The van der Waals surface area contributed by atoms with Crippen LogP contribution in [0.2, 0.25) is 0 Å². The van der Waals surface area contributed by atoms with Crippen molar-refractivity contribution in [1.29, 1.82) is 0 Å². The molecular formula is C20H18N4O2S2. The Kier molecular flexibility index (Phi) is 5.31. The van der Waals surface area contributed by atoms with Crippen LogP contribution in [0.4, 0.5) is 0 Å². The molecule has 0 saturated heterocycles. The molecule has 6 nitrogen and oxygen atoms in total. The van der Waals surface area contributed by atoms with Gasteiger partial charge in [0, 0.05) is 35.5 Å². The maximum absolute atomic E-state index is 13.2. The summed E-state index contributed by atoms with van der Waals surface area (Å²) >= 11 is 3.19. The van der Waals surface area contributed by atoms with Crippen LogP contribution in [0, 0.1) is 13.8 Å². The van der Waals surface area contributed by atoms with E-state index in [1.54, 1.807) is 48.1 Å². The molecule has 0 fully saturated rings. The third-order valence-electron chi connectivity index (χ3n) is 4.28. The summed E-state index contributed by atoms with van der Waals surface area (Å²) in [5.74, 6) is 0.242. The molecule has 4 rings (SSSR count). The number of rotatable bonds is 6. The van der Waals surface area contributed by atoms with Crippen molar-refractivity contribution in [2.24, 2.45) is 0 Å². The molecule has 142 valence electrons. The number of hydrogen-bond acceptors (Lipinski definition) is 7. The smallest absolute Gasteiger partial charge is 0.257 e. The molecule has 28 heavy (non-hydrogen) atoms. The van der Waals surface area contributed by atoms with Crippen LogP contribution in [0.15, 0.2) is 51.3 Å². The number of thiazole rings is 1. The summed E-state index contributed by atoms with van der Waals surface area (Å²) in [7, 11) is 0. The molecule has 0 aliphatic heterocycles. The van der Waals surface area contributed by atoms with Gasteiger partial charge in [-0.2, -0.15) is 11.3 Å². The summed E-state index contributed by atoms with van der Waals surface area (Å²) in [5, 5.41) is 14.2. The number of nitrogens with zero attached hydrogens (tertiary/aromatic N) is 3. The molecule has 8 heteroatoms. The Morgan fingerprint density at radius 2 is 2.18 bits per heavy atom. The van der Waals surface area contributed by atoms with Crippen molar-refractivity contribution in [2.75, 3.05) is 0 Å². The lowest BCUT2D eigenvalue weighted by Gasteiger charge is -2.16. The van der Waals surface area contributed by atoms with Gasteiger partial charge in [0.15, 0.2) is 0 Å². The molecule has 0 aliphatic rings. The van der Waals surface area contributed by atoms with E-state index in [1.807, 2.05) is 23.8 Å². The maximum Gasteiger partial charge on any atom is 0.257 e. The van der Waals surface area contributed by atoms with E-state index in [-0.39, 0.29) is 11.9 Å². The Balaban J connectivity index is 1.64. The van der Waals surface area contributed by atoms with E-state index in [2.05, 4.69) is 31.9 Å². The van der Waals surface area contributed by atoms with Gasteiger partial charge in [-0.1, -0.05) is 5.16 Å². The fraction of sp³-hybridized carbons (Fsp3) is 0.200. The minimum absolute atomic E-state index is 0.225. The molecule has 1 amide bonds. The normalized spacial score (nSPS) is 12.1. The first-order valence-corrected chi connectivity index (χ1v) is 10.5. The Morgan fingerprint density at radius 3 is 2.86 bits per heavy atom. The van der Waals surface area contributed by atoms with E-state index in [4.69, 9.17) is 4.52 Å². The van der Waals surface area contributed by atoms with Crippen molar-refractivity contribution in [3.05, 3.63) is 74.3 Å². The Hall–Kier alpha value is -2.84. The first-order chi connectivity index (χ1) is 13.6. The van der Waals surface area contributed by atoms with Crippen LogP contribution >= 0.6 is 22.7 Å². The third kappa shape index (κ3) is 3.88. The first-order valence-electron chi connectivity index (χ1n) is 8.72. The quantitative estimate of drug-likeness (QED) is 0.503. The largest absolute Gasteiger partial charge is 0.360 e. The van der Waals surface area contributed by atoms with Crippen LogP contribution in [0.5, 0.6) is 0 Å². The van der Waals surface area contributed by atoms with Gasteiger partial charge in [-0.25, -0.2) is 4.98 Å². The summed E-state index contributed by atoms with van der Waals surface area (Å²) in [6, 6.07) is 5.50. The summed E-state index contributed by atoms with van der Waals surface area (Å²) < 4.78 is 5.32. The highest BCUT2D eigenvalue weighted by molar-refractivity contribution is 7.09. The summed E-state index contributed by atoms with van der Waals surface area (Å²) in [6.45, 7) is 3.69. The topological polar surface area (TPSA) is 80.9 Å². The lowest BCUT2D eigenvalue weighted by molar-refractivity contribution is 0.0935. The number of thiophene rings is 1. The standard InChI is InChI=1S/C20H18N4O2S2/c1-12-10-28-20(22-12)16(8-14-5-7-27-11-14)23-19(25)17-13(2)26-24-18(17)15-4-3-6-21-9-15/h3-7,9-11,16H,8H2,1-2H3,(H,23,25)/t16-/m0/s1. The van der Waals surface area contributed by atoms with Crippen LogP contribution < -0.4 is 5.32 Å². The predicted molar refractivity (Wildman–Crippen MR) is 110 cm³/mol. The molecule has 0 radical (unpaired) electrons. The fourth-order valence-electron chi connectivity index (χ4n) is 2.95. The van der Waals surface area contributed by atoms with Crippen molar-refractivity contribution >= 4 is 28.6 Å². The van der Waals surface area contributed by atoms with Gasteiger partial charge in [-0.3, -0.25) is 9.78 Å². The van der Waals surface area contributed by atoms with Gasteiger partial charge in [-0.15, -0.1) is 11.3 Å². The third-order valence-corrected chi connectivity index (χ3v) is 6.09. The molecule has 0 aliphatic carbocycles.